The lowest BCUT2D eigenvalue weighted by atomic mass is 10.0. The van der Waals surface area contributed by atoms with Crippen molar-refractivity contribution in [2.75, 3.05) is 23.8 Å². The van der Waals surface area contributed by atoms with Gasteiger partial charge in [-0.3, -0.25) is 4.79 Å². The minimum absolute atomic E-state index is 0.0156. The summed E-state index contributed by atoms with van der Waals surface area (Å²) in [5, 5.41) is 22.9. The first-order chi connectivity index (χ1) is 17.3. The molecule has 36 heavy (non-hydrogen) atoms. The zero-order valence-electron chi connectivity index (χ0n) is 20.5. The van der Waals surface area contributed by atoms with Crippen molar-refractivity contribution in [3.8, 4) is 6.07 Å². The van der Waals surface area contributed by atoms with Crippen LogP contribution in [0.1, 0.15) is 59.4 Å². The van der Waals surface area contributed by atoms with E-state index in [9.17, 15) is 20.0 Å². The third kappa shape index (κ3) is 4.09. The number of nitrogens with one attached hydrogen (secondary N) is 1. The minimum atomic E-state index is -1.00. The van der Waals surface area contributed by atoms with Crippen LogP contribution in [0, 0.1) is 18.3 Å². The summed E-state index contributed by atoms with van der Waals surface area (Å²) in [5.74, 6) is -0.383. The molecule has 0 saturated carbocycles. The maximum Gasteiger partial charge on any atom is 0.337 e. The Bertz CT molecular complexity index is 1410. The predicted octanol–water partition coefficient (Wildman–Crippen LogP) is 3.88. The van der Waals surface area contributed by atoms with Crippen LogP contribution in [0.2, 0.25) is 0 Å². The van der Waals surface area contributed by atoms with E-state index in [0.29, 0.717) is 35.5 Å². The summed E-state index contributed by atoms with van der Waals surface area (Å²) in [6.07, 6.45) is 2.19. The Labute approximate surface area is 209 Å². The van der Waals surface area contributed by atoms with Crippen molar-refractivity contribution in [1.29, 1.82) is 5.26 Å². The average molecular weight is 485 g/mol. The fourth-order valence-electron chi connectivity index (χ4n) is 5.48. The number of benzene rings is 2. The largest absolute Gasteiger partial charge is 0.478 e. The minimum Gasteiger partial charge on any atom is -0.478 e. The number of anilines is 2. The molecule has 2 fully saturated rings. The number of nitrogens with zero attached hydrogens (tertiary/aromatic N) is 5. The lowest BCUT2D eigenvalue weighted by Gasteiger charge is -2.30. The molecule has 2 N–H and O–H groups in total. The molecule has 5 rings (SSSR count). The third-order valence-corrected chi connectivity index (χ3v) is 7.21. The van der Waals surface area contributed by atoms with E-state index in [4.69, 9.17) is 9.97 Å². The van der Waals surface area contributed by atoms with Crippen LogP contribution in [0.5, 0.6) is 0 Å². The lowest BCUT2D eigenvalue weighted by Crippen LogP contribution is -2.39. The van der Waals surface area contributed by atoms with Gasteiger partial charge in [-0.25, -0.2) is 14.8 Å². The molecule has 2 aliphatic heterocycles. The second kappa shape index (κ2) is 9.11. The van der Waals surface area contributed by atoms with Gasteiger partial charge in [-0.15, -0.1) is 0 Å². The molecular formula is C27H28N6O3. The van der Waals surface area contributed by atoms with Gasteiger partial charge in [0.2, 0.25) is 5.91 Å². The fraction of sp³-hybridized carbons (Fsp3) is 0.370. The molecule has 2 unspecified atom stereocenters. The summed E-state index contributed by atoms with van der Waals surface area (Å²) < 4.78 is 0. The van der Waals surface area contributed by atoms with E-state index >= 15 is 0 Å². The molecule has 2 aromatic carbocycles. The number of carboxylic acids is 1. The number of para-hydroxylation sites is 1. The summed E-state index contributed by atoms with van der Waals surface area (Å²) >= 11 is 0. The van der Waals surface area contributed by atoms with E-state index in [1.165, 1.54) is 0 Å². The number of likely N-dealkylation sites (tertiary alicyclic amines) is 1. The van der Waals surface area contributed by atoms with E-state index < -0.39 is 5.97 Å². The highest BCUT2D eigenvalue weighted by molar-refractivity contribution is 5.94. The number of hydrogen-bond donors (Lipinski definition) is 2. The molecule has 184 valence electrons. The summed E-state index contributed by atoms with van der Waals surface area (Å²) in [7, 11) is 1.82. The van der Waals surface area contributed by atoms with Gasteiger partial charge in [0, 0.05) is 43.3 Å². The zero-order chi connectivity index (χ0) is 25.6. The maximum absolute atomic E-state index is 12.5. The van der Waals surface area contributed by atoms with E-state index in [2.05, 4.69) is 16.3 Å². The van der Waals surface area contributed by atoms with E-state index in [0.717, 1.165) is 24.0 Å². The van der Waals surface area contributed by atoms with Gasteiger partial charge in [0.25, 0.3) is 0 Å². The molecule has 9 heteroatoms. The van der Waals surface area contributed by atoms with E-state index in [1.54, 1.807) is 29.2 Å². The molecule has 3 heterocycles. The molecule has 1 amide bonds. The number of aromatic carboxylic acids is 1. The van der Waals surface area contributed by atoms with Crippen molar-refractivity contribution in [3.63, 3.8) is 0 Å². The van der Waals surface area contributed by atoms with Gasteiger partial charge in [0.15, 0.2) is 11.5 Å². The molecule has 2 bridgehead atoms. The normalized spacial score (nSPS) is 20.2. The Hall–Kier alpha value is -4.19. The van der Waals surface area contributed by atoms with Crippen LogP contribution in [0.4, 0.5) is 11.5 Å². The van der Waals surface area contributed by atoms with Gasteiger partial charge in [-0.05, 0) is 50.5 Å². The number of rotatable bonds is 5. The van der Waals surface area contributed by atoms with Gasteiger partial charge in [-0.1, -0.05) is 18.2 Å². The fourth-order valence-corrected chi connectivity index (χ4v) is 5.48. The van der Waals surface area contributed by atoms with Crippen LogP contribution in [-0.4, -0.2) is 57.5 Å². The molecule has 2 saturated heterocycles. The first-order valence-electron chi connectivity index (χ1n) is 12.1. The molecule has 9 nitrogen and oxygen atoms in total. The monoisotopic (exact) mass is 484 g/mol. The summed E-state index contributed by atoms with van der Waals surface area (Å²) in [4.78, 5) is 37.9. The number of nitriles is 1. The quantitative estimate of drug-likeness (QED) is 0.559. The molecule has 2 aliphatic rings. The van der Waals surface area contributed by atoms with Crippen molar-refractivity contribution in [3.05, 3.63) is 58.8 Å². The van der Waals surface area contributed by atoms with Crippen molar-refractivity contribution in [2.24, 2.45) is 0 Å². The number of fused-ring (bicyclic) bond motifs is 3. The second-order valence-electron chi connectivity index (χ2n) is 9.72. The van der Waals surface area contributed by atoms with Gasteiger partial charge < -0.3 is 20.2 Å². The van der Waals surface area contributed by atoms with Crippen LogP contribution < -0.4 is 10.2 Å². The molecule has 0 spiro atoms. The number of likely N-dealkylation sites (N-methyl/N-ethyl adjacent to an activating group) is 1. The first kappa shape index (κ1) is 23.5. The number of carbonyl (C=O) groups excluding carboxylic acids is 1. The van der Waals surface area contributed by atoms with Crippen molar-refractivity contribution >= 4 is 34.4 Å². The number of aryl methyl sites for hydroxylation is 1. The van der Waals surface area contributed by atoms with Crippen molar-refractivity contribution in [1.82, 2.24) is 14.9 Å². The molecular weight excluding hydrogens is 456 g/mol. The Morgan fingerprint density at radius 1 is 1.22 bits per heavy atom. The molecule has 0 radical (unpaired) electrons. The number of carboxylic acid groups (broad SMARTS) is 1. The van der Waals surface area contributed by atoms with Crippen LogP contribution in [0.3, 0.4) is 0 Å². The van der Waals surface area contributed by atoms with Crippen LogP contribution >= 0.6 is 0 Å². The van der Waals surface area contributed by atoms with E-state index in [1.807, 2.05) is 33.0 Å². The van der Waals surface area contributed by atoms with Gasteiger partial charge >= 0.3 is 5.97 Å². The summed E-state index contributed by atoms with van der Waals surface area (Å²) in [6.45, 7) is 4.50. The molecule has 0 aliphatic carbocycles. The Balaban J connectivity index is 1.61. The zero-order valence-corrected chi connectivity index (χ0v) is 20.5. The smallest absolute Gasteiger partial charge is 0.337 e. The Morgan fingerprint density at radius 3 is 2.72 bits per heavy atom. The number of carbonyl (C=O) groups is 2. The average Bonchev–Trinajstić information content (AvgIpc) is 3.18. The highest BCUT2D eigenvalue weighted by Crippen LogP contribution is 2.37. The lowest BCUT2D eigenvalue weighted by molar-refractivity contribution is -0.129. The maximum atomic E-state index is 12.5. The SMILES string of the molecule is Cc1cc([C@@H](C)Nc2ccccc2C(=O)O)c2nc(N3C4CCC3CN(C)C(=O)C4)c(C#N)nc2c1. The van der Waals surface area contributed by atoms with Gasteiger partial charge in [0.1, 0.15) is 6.07 Å². The van der Waals surface area contributed by atoms with Gasteiger partial charge in [-0.2, -0.15) is 5.26 Å². The predicted molar refractivity (Wildman–Crippen MR) is 136 cm³/mol. The topological polar surface area (TPSA) is 122 Å². The first-order valence-corrected chi connectivity index (χ1v) is 12.1. The molecule has 3 aromatic rings. The van der Waals surface area contributed by atoms with E-state index in [-0.39, 0.29) is 35.3 Å². The van der Waals surface area contributed by atoms with Crippen LogP contribution in [0.15, 0.2) is 36.4 Å². The Morgan fingerprint density at radius 2 is 1.97 bits per heavy atom. The van der Waals surface area contributed by atoms with Gasteiger partial charge in [0.05, 0.1) is 22.6 Å². The number of aromatic nitrogens is 2. The van der Waals surface area contributed by atoms with Crippen molar-refractivity contribution in [2.45, 2.75) is 51.2 Å². The second-order valence-corrected chi connectivity index (χ2v) is 9.72. The number of hydrogen-bond acceptors (Lipinski definition) is 7. The third-order valence-electron chi connectivity index (χ3n) is 7.21. The summed E-state index contributed by atoms with van der Waals surface area (Å²) in [5.41, 5.74) is 4.05. The Kier molecular flexibility index (Phi) is 5.96. The standard InChI is InChI=1S/C27H28N6O3/c1-15-10-20(16(2)29-21-7-5-4-6-19(21)27(35)36)25-22(11-15)30-23(13-28)26(31-25)33-17-8-9-18(33)14-32(3)24(34)12-17/h4-7,10-11,16-18,29H,8-9,12,14H2,1-3H3,(H,35,36)/t16-,17?,18?/m1/s1. The molecule has 3 atom stereocenters. The number of amides is 1. The van der Waals surface area contributed by atoms with Crippen molar-refractivity contribution < 1.29 is 14.7 Å². The highest BCUT2D eigenvalue weighted by Gasteiger charge is 2.41. The highest BCUT2D eigenvalue weighted by atomic mass is 16.4. The van der Waals surface area contributed by atoms with Crippen LogP contribution in [-0.2, 0) is 4.79 Å². The molecule has 1 aromatic heterocycles. The summed E-state index contributed by atoms with van der Waals surface area (Å²) in [6, 6.07) is 12.7. The van der Waals surface area contributed by atoms with Crippen LogP contribution in [0.25, 0.3) is 11.0 Å².